The van der Waals surface area contributed by atoms with Gasteiger partial charge in [-0.2, -0.15) is 0 Å². The highest BCUT2D eigenvalue weighted by Crippen LogP contribution is 2.35. The molecule has 7 nitrogen and oxygen atoms in total. The molecule has 1 aliphatic rings. The number of aromatic amines is 1. The molecule has 4 rings (SSSR count). The van der Waals surface area contributed by atoms with Gasteiger partial charge in [0.05, 0.1) is 29.0 Å². The first kappa shape index (κ1) is 16.6. The molecule has 4 N–H and O–H groups in total. The number of aromatic nitrogens is 1. The molecule has 0 atom stereocenters. The molecule has 0 unspecified atom stereocenters. The van der Waals surface area contributed by atoms with E-state index in [1.807, 2.05) is 6.07 Å². The van der Waals surface area contributed by atoms with Crippen molar-refractivity contribution in [2.24, 2.45) is 0 Å². The summed E-state index contributed by atoms with van der Waals surface area (Å²) in [5.41, 5.74) is 4.18. The smallest absolute Gasteiger partial charge is 0.307 e. The van der Waals surface area contributed by atoms with Crippen molar-refractivity contribution in [1.82, 2.24) is 4.98 Å². The Kier molecular flexibility index (Phi) is 3.97. The number of H-pyrrole nitrogens is 1. The Bertz CT molecular complexity index is 1130. The highest BCUT2D eigenvalue weighted by molar-refractivity contribution is 6.12. The van der Waals surface area contributed by atoms with E-state index in [2.05, 4.69) is 15.6 Å². The third kappa shape index (κ3) is 3.30. The molecule has 7 heteroatoms. The minimum Gasteiger partial charge on any atom is -0.481 e. The van der Waals surface area contributed by atoms with Gasteiger partial charge in [0.2, 0.25) is 5.56 Å². The summed E-state index contributed by atoms with van der Waals surface area (Å²) < 4.78 is 0. The normalized spacial score (nSPS) is 12.2. The maximum Gasteiger partial charge on any atom is 0.307 e. The highest BCUT2D eigenvalue weighted by Gasteiger charge is 2.20. The van der Waals surface area contributed by atoms with E-state index in [0.717, 1.165) is 11.1 Å². The molecule has 0 aliphatic carbocycles. The van der Waals surface area contributed by atoms with Crippen molar-refractivity contribution in [2.75, 3.05) is 10.6 Å². The SMILES string of the molecule is O=C(O)Cc1ccc2c(c1)NC(=O)c1ccc(-c3cc[nH]c(=O)c3)cc1N2. The number of nitrogens with one attached hydrogen (secondary N) is 3. The van der Waals surface area contributed by atoms with Gasteiger partial charge in [0, 0.05) is 12.3 Å². The predicted molar refractivity (Wildman–Crippen MR) is 102 cm³/mol. The number of hydrogen-bond donors (Lipinski definition) is 4. The van der Waals surface area contributed by atoms with Gasteiger partial charge in [-0.1, -0.05) is 12.1 Å². The molecule has 1 aliphatic heterocycles. The van der Waals surface area contributed by atoms with Crippen LogP contribution < -0.4 is 16.2 Å². The molecule has 2 aromatic carbocycles. The summed E-state index contributed by atoms with van der Waals surface area (Å²) in [6.45, 7) is 0. The molecular weight excluding hydrogens is 346 g/mol. The maximum atomic E-state index is 12.6. The van der Waals surface area contributed by atoms with Crippen LogP contribution in [0.15, 0.2) is 59.5 Å². The molecule has 0 fully saturated rings. The van der Waals surface area contributed by atoms with E-state index in [-0.39, 0.29) is 17.9 Å². The van der Waals surface area contributed by atoms with Gasteiger partial charge in [0.15, 0.2) is 0 Å². The van der Waals surface area contributed by atoms with E-state index in [1.54, 1.807) is 42.6 Å². The Morgan fingerprint density at radius 1 is 0.852 bits per heavy atom. The van der Waals surface area contributed by atoms with Crippen molar-refractivity contribution in [3.05, 3.63) is 76.2 Å². The number of carbonyl (C=O) groups is 2. The van der Waals surface area contributed by atoms with Crippen LogP contribution in [0.3, 0.4) is 0 Å². The molecule has 0 saturated carbocycles. The minimum atomic E-state index is -0.936. The largest absolute Gasteiger partial charge is 0.481 e. The molecule has 0 saturated heterocycles. The van der Waals surface area contributed by atoms with Gasteiger partial charge >= 0.3 is 5.97 Å². The standard InChI is InChI=1S/C20H15N3O4/c24-18-10-13(5-6-21-18)12-2-3-14-16(9-12)22-15-4-1-11(8-19(25)26)7-17(15)23-20(14)27/h1-7,9-10,22H,8H2,(H,21,24)(H,23,27)(H,25,26). The summed E-state index contributed by atoms with van der Waals surface area (Å²) in [6.07, 6.45) is 1.45. The van der Waals surface area contributed by atoms with Crippen LogP contribution in [-0.4, -0.2) is 22.0 Å². The molecule has 1 amide bonds. The van der Waals surface area contributed by atoms with Crippen LogP contribution in [0.25, 0.3) is 11.1 Å². The fourth-order valence-corrected chi connectivity index (χ4v) is 3.07. The Morgan fingerprint density at radius 2 is 1.67 bits per heavy atom. The number of fused-ring (bicyclic) bond motifs is 2. The Balaban J connectivity index is 1.75. The number of carboxylic acids is 1. The van der Waals surface area contributed by atoms with Crippen LogP contribution >= 0.6 is 0 Å². The zero-order chi connectivity index (χ0) is 19.0. The van der Waals surface area contributed by atoms with Crippen molar-refractivity contribution < 1.29 is 14.7 Å². The van der Waals surface area contributed by atoms with Gasteiger partial charge in [0.25, 0.3) is 5.91 Å². The van der Waals surface area contributed by atoms with Gasteiger partial charge < -0.3 is 20.7 Å². The average molecular weight is 361 g/mol. The van der Waals surface area contributed by atoms with Crippen LogP contribution in [0.1, 0.15) is 15.9 Å². The zero-order valence-corrected chi connectivity index (χ0v) is 14.1. The van der Waals surface area contributed by atoms with Crippen molar-refractivity contribution in [1.29, 1.82) is 0 Å². The maximum absolute atomic E-state index is 12.6. The first-order valence-corrected chi connectivity index (χ1v) is 8.26. The number of carboxylic acid groups (broad SMARTS) is 1. The second-order valence-corrected chi connectivity index (χ2v) is 6.23. The number of hydrogen-bond acceptors (Lipinski definition) is 4. The van der Waals surface area contributed by atoms with Crippen LogP contribution in [0.2, 0.25) is 0 Å². The predicted octanol–water partition coefficient (Wildman–Crippen LogP) is 2.98. The number of amides is 1. The van der Waals surface area contributed by atoms with Gasteiger partial charge in [0.1, 0.15) is 0 Å². The lowest BCUT2D eigenvalue weighted by molar-refractivity contribution is -0.136. The minimum absolute atomic E-state index is 0.122. The summed E-state index contributed by atoms with van der Waals surface area (Å²) >= 11 is 0. The summed E-state index contributed by atoms with van der Waals surface area (Å²) in [7, 11) is 0. The third-order valence-corrected chi connectivity index (χ3v) is 4.33. The third-order valence-electron chi connectivity index (χ3n) is 4.33. The molecule has 1 aromatic heterocycles. The van der Waals surface area contributed by atoms with E-state index in [9.17, 15) is 14.4 Å². The van der Waals surface area contributed by atoms with Crippen LogP contribution in [-0.2, 0) is 11.2 Å². The lowest BCUT2D eigenvalue weighted by atomic mass is 10.0. The number of carbonyl (C=O) groups excluding carboxylic acids is 1. The van der Waals surface area contributed by atoms with Crippen LogP contribution in [0.5, 0.6) is 0 Å². The Labute approximate surface area is 153 Å². The van der Waals surface area contributed by atoms with Crippen molar-refractivity contribution in [3.8, 4) is 11.1 Å². The second kappa shape index (κ2) is 6.45. The summed E-state index contributed by atoms with van der Waals surface area (Å²) in [6, 6.07) is 13.7. The topological polar surface area (TPSA) is 111 Å². The molecule has 2 heterocycles. The molecule has 134 valence electrons. The fourth-order valence-electron chi connectivity index (χ4n) is 3.07. The zero-order valence-electron chi connectivity index (χ0n) is 14.1. The van der Waals surface area contributed by atoms with E-state index >= 15 is 0 Å². The summed E-state index contributed by atoms with van der Waals surface area (Å²) in [4.78, 5) is 37.6. The lowest BCUT2D eigenvalue weighted by Gasteiger charge is -2.11. The van der Waals surface area contributed by atoms with Crippen LogP contribution in [0.4, 0.5) is 17.1 Å². The van der Waals surface area contributed by atoms with Crippen molar-refractivity contribution in [3.63, 3.8) is 0 Å². The monoisotopic (exact) mass is 361 g/mol. The second-order valence-electron chi connectivity index (χ2n) is 6.23. The van der Waals surface area contributed by atoms with E-state index in [0.29, 0.717) is 28.2 Å². The first-order valence-electron chi connectivity index (χ1n) is 8.26. The Morgan fingerprint density at radius 3 is 2.44 bits per heavy atom. The van der Waals surface area contributed by atoms with E-state index < -0.39 is 5.97 Å². The fraction of sp³-hybridized carbons (Fsp3) is 0.0500. The molecule has 3 aromatic rings. The lowest BCUT2D eigenvalue weighted by Crippen LogP contribution is -2.11. The highest BCUT2D eigenvalue weighted by atomic mass is 16.4. The molecule has 0 bridgehead atoms. The average Bonchev–Trinajstić information content (AvgIpc) is 2.76. The number of rotatable bonds is 3. The molecule has 0 spiro atoms. The summed E-state index contributed by atoms with van der Waals surface area (Å²) in [5, 5.41) is 15.0. The number of anilines is 3. The van der Waals surface area contributed by atoms with Gasteiger partial charge in [-0.3, -0.25) is 14.4 Å². The quantitative estimate of drug-likeness (QED) is 0.573. The van der Waals surface area contributed by atoms with E-state index in [1.165, 1.54) is 6.07 Å². The number of aliphatic carboxylic acids is 1. The van der Waals surface area contributed by atoms with Crippen molar-refractivity contribution in [2.45, 2.75) is 6.42 Å². The van der Waals surface area contributed by atoms with Gasteiger partial charge in [-0.25, -0.2) is 0 Å². The number of pyridine rings is 1. The first-order chi connectivity index (χ1) is 13.0. The van der Waals surface area contributed by atoms with Crippen molar-refractivity contribution >= 4 is 28.9 Å². The number of benzene rings is 2. The van der Waals surface area contributed by atoms with E-state index in [4.69, 9.17) is 5.11 Å². The molecule has 27 heavy (non-hydrogen) atoms. The molecular formula is C20H15N3O4. The van der Waals surface area contributed by atoms with Gasteiger partial charge in [-0.05, 0) is 47.0 Å². The Hall–Kier alpha value is -3.87. The summed E-state index contributed by atoms with van der Waals surface area (Å²) in [5.74, 6) is -1.23. The molecule has 0 radical (unpaired) electrons. The van der Waals surface area contributed by atoms with Crippen LogP contribution in [0, 0.1) is 0 Å². The van der Waals surface area contributed by atoms with Gasteiger partial charge in [-0.15, -0.1) is 0 Å².